The minimum Gasteiger partial charge on any atom is -0.508 e. The van der Waals surface area contributed by atoms with E-state index < -0.39 is 23.8 Å². The zero-order chi connectivity index (χ0) is 33.1. The summed E-state index contributed by atoms with van der Waals surface area (Å²) in [5, 5.41) is 34.7. The summed E-state index contributed by atoms with van der Waals surface area (Å²) in [4.78, 5) is 21.1. The molecule has 1 saturated carbocycles. The first-order valence-corrected chi connectivity index (χ1v) is 17.3. The Bertz CT molecular complexity index is 1220. The van der Waals surface area contributed by atoms with Crippen molar-refractivity contribution in [2.24, 2.45) is 22.9 Å². The first-order valence-electron chi connectivity index (χ1n) is 16.8. The first-order chi connectivity index (χ1) is 22.4. The molecule has 11 heteroatoms. The summed E-state index contributed by atoms with van der Waals surface area (Å²) in [5.74, 6) is -0.850. The summed E-state index contributed by atoms with van der Waals surface area (Å²) in [7, 11) is 0. The van der Waals surface area contributed by atoms with E-state index in [0.29, 0.717) is 44.6 Å². The number of carbonyl (C=O) groups is 1. The number of unbranched alkanes of at least 4 members (excludes halogenated alkanes) is 2. The van der Waals surface area contributed by atoms with E-state index in [1.807, 2.05) is 13.8 Å². The van der Waals surface area contributed by atoms with Crippen LogP contribution in [0.15, 0.2) is 47.7 Å². The average Bonchev–Trinajstić information content (AvgIpc) is 3.06. The van der Waals surface area contributed by atoms with Gasteiger partial charge in [0.2, 0.25) is 5.79 Å². The Balaban J connectivity index is 2.00. The largest absolute Gasteiger partial charge is 0.508 e. The van der Waals surface area contributed by atoms with Crippen molar-refractivity contribution >= 4 is 23.4 Å². The number of hydrogen-bond acceptors (Lipinski definition) is 9. The second kappa shape index (κ2) is 17.4. The van der Waals surface area contributed by atoms with Crippen LogP contribution in [-0.2, 0) is 14.3 Å². The molecule has 0 bridgehead atoms. The molecule has 0 spiro atoms. The molecule has 0 aromatic heterocycles. The Morgan fingerprint density at radius 3 is 2.63 bits per heavy atom. The molecule has 1 fully saturated rings. The van der Waals surface area contributed by atoms with E-state index in [1.54, 1.807) is 29.2 Å². The van der Waals surface area contributed by atoms with Crippen molar-refractivity contribution < 1.29 is 39.2 Å². The Hall–Kier alpha value is -2.79. The maximum Gasteiger partial charge on any atom is 0.410 e. The smallest absolute Gasteiger partial charge is 0.410 e. The van der Waals surface area contributed by atoms with E-state index in [0.717, 1.165) is 42.5 Å². The predicted molar refractivity (Wildman–Crippen MR) is 177 cm³/mol. The van der Waals surface area contributed by atoms with Crippen molar-refractivity contribution in [3.63, 3.8) is 0 Å². The summed E-state index contributed by atoms with van der Waals surface area (Å²) in [5.41, 5.74) is 2.54. The van der Waals surface area contributed by atoms with Gasteiger partial charge < -0.3 is 34.4 Å². The molecule has 1 amide bonds. The lowest BCUT2D eigenvalue weighted by atomic mass is 9.55. The number of rotatable bonds is 18. The lowest BCUT2D eigenvalue weighted by molar-refractivity contribution is -0.255. The van der Waals surface area contributed by atoms with Crippen LogP contribution in [0.1, 0.15) is 76.7 Å². The summed E-state index contributed by atoms with van der Waals surface area (Å²) in [6.07, 6.45) is 9.13. The molecular formula is C35H51ClN2O8. The van der Waals surface area contributed by atoms with Crippen LogP contribution in [0.5, 0.6) is 11.5 Å². The number of aliphatic hydroxyl groups excluding tert-OH is 2. The number of halogens is 1. The normalized spacial score (nSPS) is 27.2. The third-order valence-corrected chi connectivity index (χ3v) is 9.49. The number of phenols is 1. The molecule has 6 unspecified atom stereocenters. The number of carbonyl (C=O) groups excluding carboxylic acids is 1. The molecule has 1 aromatic rings. The van der Waals surface area contributed by atoms with Crippen molar-refractivity contribution in [1.29, 1.82) is 0 Å². The zero-order valence-electron chi connectivity index (χ0n) is 27.2. The van der Waals surface area contributed by atoms with Crippen LogP contribution in [0.4, 0.5) is 4.79 Å². The molecule has 256 valence electrons. The fraction of sp³-hybridized carbons (Fsp3) is 0.657. The van der Waals surface area contributed by atoms with Crippen molar-refractivity contribution in [2.45, 2.75) is 83.0 Å². The highest BCUT2D eigenvalue weighted by molar-refractivity contribution is 6.18. The predicted octanol–water partition coefficient (Wildman–Crippen LogP) is 6.13. The van der Waals surface area contributed by atoms with Gasteiger partial charge in [0.25, 0.3) is 0 Å². The maximum absolute atomic E-state index is 13.7. The van der Waals surface area contributed by atoms with Crippen LogP contribution in [0.2, 0.25) is 0 Å². The molecule has 10 nitrogen and oxygen atoms in total. The summed E-state index contributed by atoms with van der Waals surface area (Å²) < 4.78 is 19.4. The van der Waals surface area contributed by atoms with Crippen LogP contribution in [0, 0.1) is 17.8 Å². The van der Waals surface area contributed by atoms with Gasteiger partial charge in [-0.2, -0.15) is 0 Å². The molecule has 0 saturated heterocycles. The van der Waals surface area contributed by atoms with Gasteiger partial charge in [0, 0.05) is 37.7 Å². The summed E-state index contributed by atoms with van der Waals surface area (Å²) >= 11 is 5.91. The fourth-order valence-electron chi connectivity index (χ4n) is 7.62. The SMILES string of the molecule is C=CCOC12Oc3ccc(O)cc3C3C(CCCCO)C(CCCCO)C=C(C(=NOCC)CC1N(CCC)C(=O)OCCCl)C32. The van der Waals surface area contributed by atoms with Crippen LogP contribution >= 0.6 is 11.6 Å². The van der Waals surface area contributed by atoms with Crippen molar-refractivity contribution in [3.05, 3.63) is 48.1 Å². The Morgan fingerprint density at radius 2 is 1.96 bits per heavy atom. The zero-order valence-corrected chi connectivity index (χ0v) is 28.0. The molecule has 0 radical (unpaired) electrons. The second-order valence-corrected chi connectivity index (χ2v) is 12.6. The van der Waals surface area contributed by atoms with Crippen molar-refractivity contribution in [1.82, 2.24) is 4.90 Å². The number of alkyl halides is 1. The molecule has 3 N–H and O–H groups in total. The monoisotopic (exact) mass is 662 g/mol. The van der Waals surface area contributed by atoms with Gasteiger partial charge in [-0.3, -0.25) is 4.90 Å². The van der Waals surface area contributed by atoms with Gasteiger partial charge in [0.05, 0.1) is 24.1 Å². The van der Waals surface area contributed by atoms with Crippen LogP contribution in [0.3, 0.4) is 0 Å². The number of fused-ring (bicyclic) bond motifs is 2. The number of phenolic OH excluding ortho intramolecular Hbond substituents is 1. The van der Waals surface area contributed by atoms with E-state index in [-0.39, 0.29) is 55.8 Å². The number of oxime groups is 1. The van der Waals surface area contributed by atoms with Gasteiger partial charge in [-0.25, -0.2) is 4.79 Å². The minimum atomic E-state index is -1.35. The highest BCUT2D eigenvalue weighted by Crippen LogP contribution is 2.61. The highest BCUT2D eigenvalue weighted by atomic mass is 35.5. The molecule has 3 aliphatic rings. The average molecular weight is 663 g/mol. The molecule has 46 heavy (non-hydrogen) atoms. The van der Waals surface area contributed by atoms with Crippen LogP contribution < -0.4 is 4.74 Å². The summed E-state index contributed by atoms with van der Waals surface area (Å²) in [6.45, 7) is 9.04. The van der Waals surface area contributed by atoms with Crippen molar-refractivity contribution in [3.8, 4) is 11.5 Å². The standard InChI is InChI=1S/C35H51ClN2O8/c1-4-16-38(34(42)43-20-15-36)31-23-29(37-45-6-3)27-21-24(11-7-9-17-39)26(12-8-10-18-40)32-28-22-25(41)13-14-30(28)46-35(31,33(27)32)44-19-5-2/h5,13-14,21-22,24,26,31-33,39-41H,2,4,6-12,15-20,23H2,1,3H3. The number of allylic oxidation sites excluding steroid dienone is 1. The quantitative estimate of drug-likeness (QED) is 0.0741. The van der Waals surface area contributed by atoms with E-state index in [9.17, 15) is 20.1 Å². The lowest BCUT2D eigenvalue weighted by Gasteiger charge is -2.59. The third-order valence-electron chi connectivity index (χ3n) is 9.34. The Labute approximate surface area is 278 Å². The first kappa shape index (κ1) is 36.1. The molecule has 1 heterocycles. The second-order valence-electron chi connectivity index (χ2n) is 12.2. The van der Waals surface area contributed by atoms with Gasteiger partial charge in [0.15, 0.2) is 0 Å². The Kier molecular flexibility index (Phi) is 13.6. The van der Waals surface area contributed by atoms with Crippen LogP contribution in [0.25, 0.3) is 0 Å². The number of aromatic hydroxyl groups is 1. The lowest BCUT2D eigenvalue weighted by Crippen LogP contribution is -2.70. The number of benzene rings is 1. The molecular weight excluding hydrogens is 612 g/mol. The van der Waals surface area contributed by atoms with Crippen LogP contribution in [-0.4, -0.2) is 89.3 Å². The number of nitrogens with zero attached hydrogens (tertiary/aromatic N) is 2. The molecule has 2 aliphatic carbocycles. The molecule has 6 atom stereocenters. The van der Waals surface area contributed by atoms with E-state index >= 15 is 0 Å². The van der Waals surface area contributed by atoms with Gasteiger partial charge in [-0.15, -0.1) is 18.2 Å². The van der Waals surface area contributed by atoms with Crippen molar-refractivity contribution in [2.75, 3.05) is 45.5 Å². The minimum absolute atomic E-state index is 0.0658. The number of amides is 1. The van der Waals surface area contributed by atoms with Gasteiger partial charge in [0.1, 0.15) is 30.8 Å². The molecule has 1 aliphatic heterocycles. The van der Waals surface area contributed by atoms with E-state index in [4.69, 9.17) is 30.6 Å². The number of ether oxygens (including phenoxy) is 3. The number of hydrogen-bond donors (Lipinski definition) is 3. The maximum atomic E-state index is 13.7. The van der Waals surface area contributed by atoms with Gasteiger partial charge in [-0.05, 0) is 74.6 Å². The molecule has 1 aromatic carbocycles. The van der Waals surface area contributed by atoms with E-state index in [2.05, 4.69) is 17.8 Å². The highest BCUT2D eigenvalue weighted by Gasteiger charge is 2.65. The Morgan fingerprint density at radius 1 is 1.20 bits per heavy atom. The fourth-order valence-corrected chi connectivity index (χ4v) is 7.70. The van der Waals surface area contributed by atoms with Gasteiger partial charge >= 0.3 is 6.09 Å². The van der Waals surface area contributed by atoms with Gasteiger partial charge in [-0.1, -0.05) is 37.1 Å². The third kappa shape index (κ3) is 7.67. The topological polar surface area (TPSA) is 130 Å². The molecule has 4 rings (SSSR count). The number of aliphatic hydroxyl groups is 2. The van der Waals surface area contributed by atoms with E-state index in [1.165, 1.54) is 0 Å². The summed E-state index contributed by atoms with van der Waals surface area (Å²) in [6, 6.07) is 4.52.